The summed E-state index contributed by atoms with van der Waals surface area (Å²) in [5.74, 6) is 1.56. The van der Waals surface area contributed by atoms with Crippen LogP contribution in [0.15, 0.2) is 59.9 Å². The number of halogens is 1. The molecule has 1 aromatic heterocycles. The van der Waals surface area contributed by atoms with Crippen LogP contribution < -0.4 is 4.74 Å². The molecule has 3 aromatic rings. The summed E-state index contributed by atoms with van der Waals surface area (Å²) in [6.45, 7) is 0.608. The Kier molecular flexibility index (Phi) is 6.02. The van der Waals surface area contributed by atoms with Crippen molar-refractivity contribution >= 4 is 23.4 Å². The first-order valence-electron chi connectivity index (χ1n) is 7.85. The SMILES string of the molecule is COc1ccc(Cn2cc(CO)nc2SCc2ccccc2Cl)cc1. The van der Waals surface area contributed by atoms with Crippen molar-refractivity contribution in [2.24, 2.45) is 0 Å². The molecular weight excluding hydrogens is 356 g/mol. The number of nitrogens with zero attached hydrogens (tertiary/aromatic N) is 2. The van der Waals surface area contributed by atoms with Gasteiger partial charge in [-0.15, -0.1) is 0 Å². The summed E-state index contributed by atoms with van der Waals surface area (Å²) in [4.78, 5) is 4.51. The fraction of sp³-hybridized carbons (Fsp3) is 0.211. The van der Waals surface area contributed by atoms with Crippen molar-refractivity contribution in [3.05, 3.63) is 76.6 Å². The molecular formula is C19H19ClN2O2S. The van der Waals surface area contributed by atoms with Gasteiger partial charge in [0.1, 0.15) is 5.75 Å². The molecule has 0 fully saturated rings. The number of ether oxygens (including phenoxy) is 1. The van der Waals surface area contributed by atoms with Gasteiger partial charge in [-0.2, -0.15) is 0 Å². The zero-order valence-electron chi connectivity index (χ0n) is 13.9. The number of rotatable bonds is 7. The minimum Gasteiger partial charge on any atom is -0.497 e. The second-order valence-corrected chi connectivity index (χ2v) is 6.88. The molecule has 0 atom stereocenters. The number of aromatic nitrogens is 2. The number of imidazole rings is 1. The van der Waals surface area contributed by atoms with Crippen molar-refractivity contribution in [2.75, 3.05) is 7.11 Å². The van der Waals surface area contributed by atoms with E-state index in [0.29, 0.717) is 12.2 Å². The fourth-order valence-electron chi connectivity index (χ4n) is 2.44. The van der Waals surface area contributed by atoms with Crippen LogP contribution in [0.4, 0.5) is 0 Å². The Hall–Kier alpha value is -1.95. The largest absolute Gasteiger partial charge is 0.497 e. The minimum absolute atomic E-state index is 0.0741. The van der Waals surface area contributed by atoms with Gasteiger partial charge < -0.3 is 14.4 Å². The normalized spacial score (nSPS) is 10.8. The van der Waals surface area contributed by atoms with Crippen molar-refractivity contribution in [1.29, 1.82) is 0 Å². The number of hydrogen-bond acceptors (Lipinski definition) is 4. The number of methoxy groups -OCH3 is 1. The summed E-state index contributed by atoms with van der Waals surface area (Å²) in [5, 5.41) is 11.0. The summed E-state index contributed by atoms with van der Waals surface area (Å²) in [5.41, 5.74) is 2.87. The standard InChI is InChI=1S/C19H19ClN2O2S/c1-24-17-8-6-14(7-9-17)10-22-11-16(12-23)21-19(22)25-13-15-4-2-3-5-18(15)20/h2-9,11,23H,10,12-13H2,1H3. The molecule has 4 nitrogen and oxygen atoms in total. The highest BCUT2D eigenvalue weighted by Gasteiger charge is 2.10. The summed E-state index contributed by atoms with van der Waals surface area (Å²) in [6, 6.07) is 15.7. The Morgan fingerprint density at radius 3 is 2.60 bits per heavy atom. The third-order valence-electron chi connectivity index (χ3n) is 3.78. The van der Waals surface area contributed by atoms with E-state index in [4.69, 9.17) is 16.3 Å². The van der Waals surface area contributed by atoms with Crippen LogP contribution in [0.3, 0.4) is 0 Å². The molecule has 0 unspecified atom stereocenters. The van der Waals surface area contributed by atoms with Gasteiger partial charge in [0.2, 0.25) is 0 Å². The van der Waals surface area contributed by atoms with E-state index in [9.17, 15) is 5.11 Å². The van der Waals surface area contributed by atoms with E-state index in [1.165, 1.54) is 0 Å². The number of aliphatic hydroxyl groups is 1. The van der Waals surface area contributed by atoms with E-state index in [2.05, 4.69) is 9.55 Å². The van der Waals surface area contributed by atoms with Gasteiger partial charge in [0.25, 0.3) is 0 Å². The third-order valence-corrected chi connectivity index (χ3v) is 5.19. The van der Waals surface area contributed by atoms with Crippen molar-refractivity contribution in [1.82, 2.24) is 9.55 Å². The molecule has 0 amide bonds. The molecule has 6 heteroatoms. The molecule has 0 aliphatic carbocycles. The van der Waals surface area contributed by atoms with Crippen molar-refractivity contribution in [3.8, 4) is 5.75 Å². The molecule has 0 aliphatic rings. The first-order chi connectivity index (χ1) is 12.2. The van der Waals surface area contributed by atoms with Gasteiger partial charge in [0.05, 0.1) is 19.4 Å². The van der Waals surface area contributed by atoms with Crippen LogP contribution >= 0.6 is 23.4 Å². The quantitative estimate of drug-likeness (QED) is 0.623. The molecule has 0 radical (unpaired) electrons. The van der Waals surface area contributed by atoms with Gasteiger partial charge >= 0.3 is 0 Å². The Labute approximate surface area is 156 Å². The summed E-state index contributed by atoms with van der Waals surface area (Å²) >= 11 is 7.84. The minimum atomic E-state index is -0.0741. The predicted octanol–water partition coefficient (Wildman–Crippen LogP) is 4.38. The second-order valence-electron chi connectivity index (χ2n) is 5.53. The van der Waals surface area contributed by atoms with Crippen LogP contribution in [0.2, 0.25) is 5.02 Å². The molecule has 3 rings (SSSR count). The molecule has 0 spiro atoms. The first-order valence-corrected chi connectivity index (χ1v) is 9.22. The zero-order valence-corrected chi connectivity index (χ0v) is 15.4. The van der Waals surface area contributed by atoms with Gasteiger partial charge in [-0.3, -0.25) is 0 Å². The number of aliphatic hydroxyl groups excluding tert-OH is 1. The van der Waals surface area contributed by atoms with E-state index in [0.717, 1.165) is 32.8 Å². The molecule has 1 N–H and O–H groups in total. The lowest BCUT2D eigenvalue weighted by atomic mass is 10.2. The summed E-state index contributed by atoms with van der Waals surface area (Å²) < 4.78 is 7.25. The molecule has 1 heterocycles. The van der Waals surface area contributed by atoms with E-state index < -0.39 is 0 Å². The molecule has 2 aromatic carbocycles. The molecule has 0 saturated heterocycles. The third kappa shape index (κ3) is 4.57. The molecule has 0 aliphatic heterocycles. The Morgan fingerprint density at radius 1 is 1.16 bits per heavy atom. The van der Waals surface area contributed by atoms with Crippen molar-refractivity contribution in [3.63, 3.8) is 0 Å². The van der Waals surface area contributed by atoms with Gasteiger partial charge in [-0.25, -0.2) is 4.98 Å². The molecule has 0 bridgehead atoms. The van der Waals surface area contributed by atoms with E-state index in [1.54, 1.807) is 18.9 Å². The second kappa shape index (κ2) is 8.43. The Morgan fingerprint density at radius 2 is 1.92 bits per heavy atom. The van der Waals surface area contributed by atoms with Crippen LogP contribution in [0.1, 0.15) is 16.8 Å². The van der Waals surface area contributed by atoms with E-state index in [-0.39, 0.29) is 6.61 Å². The number of benzene rings is 2. The zero-order chi connectivity index (χ0) is 17.6. The van der Waals surface area contributed by atoms with Crippen LogP contribution in [0.5, 0.6) is 5.75 Å². The topological polar surface area (TPSA) is 47.3 Å². The van der Waals surface area contributed by atoms with E-state index >= 15 is 0 Å². The molecule has 0 saturated carbocycles. The highest BCUT2D eigenvalue weighted by molar-refractivity contribution is 7.98. The van der Waals surface area contributed by atoms with Crippen LogP contribution in [-0.4, -0.2) is 21.8 Å². The maximum atomic E-state index is 9.42. The lowest BCUT2D eigenvalue weighted by molar-refractivity contribution is 0.277. The molecule has 130 valence electrons. The fourth-order valence-corrected chi connectivity index (χ4v) is 3.72. The maximum absolute atomic E-state index is 9.42. The highest BCUT2D eigenvalue weighted by Crippen LogP contribution is 2.27. The van der Waals surface area contributed by atoms with Crippen molar-refractivity contribution < 1.29 is 9.84 Å². The van der Waals surface area contributed by atoms with Gasteiger partial charge in [0.15, 0.2) is 5.16 Å². The van der Waals surface area contributed by atoms with Gasteiger partial charge in [-0.1, -0.05) is 53.7 Å². The smallest absolute Gasteiger partial charge is 0.168 e. The van der Waals surface area contributed by atoms with Crippen molar-refractivity contribution in [2.45, 2.75) is 24.1 Å². The average Bonchev–Trinajstić information content (AvgIpc) is 3.03. The Bertz CT molecular complexity index is 834. The van der Waals surface area contributed by atoms with E-state index in [1.807, 2.05) is 54.7 Å². The summed E-state index contributed by atoms with van der Waals surface area (Å²) in [7, 11) is 1.65. The lowest BCUT2D eigenvalue weighted by Gasteiger charge is -2.09. The van der Waals surface area contributed by atoms with Crippen LogP contribution in [-0.2, 0) is 18.9 Å². The number of thioether (sulfide) groups is 1. The van der Waals surface area contributed by atoms with Crippen LogP contribution in [0.25, 0.3) is 0 Å². The Balaban J connectivity index is 1.76. The highest BCUT2D eigenvalue weighted by atomic mass is 35.5. The maximum Gasteiger partial charge on any atom is 0.168 e. The molecule has 25 heavy (non-hydrogen) atoms. The number of hydrogen-bond donors (Lipinski definition) is 1. The predicted molar refractivity (Wildman–Crippen MR) is 101 cm³/mol. The van der Waals surface area contributed by atoms with Crippen LogP contribution in [0, 0.1) is 0 Å². The summed E-state index contributed by atoms with van der Waals surface area (Å²) in [6.07, 6.45) is 1.89. The van der Waals surface area contributed by atoms with Gasteiger partial charge in [0, 0.05) is 23.5 Å². The van der Waals surface area contributed by atoms with Gasteiger partial charge in [-0.05, 0) is 29.3 Å². The monoisotopic (exact) mass is 374 g/mol. The average molecular weight is 375 g/mol. The first kappa shape index (κ1) is 17.9. The lowest BCUT2D eigenvalue weighted by Crippen LogP contribution is -2.00.